The van der Waals surface area contributed by atoms with Gasteiger partial charge in [0.15, 0.2) is 0 Å². The smallest absolute Gasteiger partial charge is 0.407 e. The first kappa shape index (κ1) is 16.6. The molecule has 1 amide bonds. The van der Waals surface area contributed by atoms with Crippen LogP contribution in [0.15, 0.2) is 42.5 Å². The van der Waals surface area contributed by atoms with Crippen molar-refractivity contribution in [2.75, 3.05) is 13.1 Å². The molecule has 0 saturated heterocycles. The van der Waals surface area contributed by atoms with Gasteiger partial charge >= 0.3 is 6.09 Å². The molecule has 0 fully saturated rings. The number of amides is 1. The van der Waals surface area contributed by atoms with Crippen LogP contribution in [-0.4, -0.2) is 25.3 Å². The highest BCUT2D eigenvalue weighted by Gasteiger charge is 2.11. The molecular weight excluding hydrogens is 276 g/mol. The molecule has 22 heavy (non-hydrogen) atoms. The summed E-state index contributed by atoms with van der Waals surface area (Å²) in [5, 5.41) is 6.09. The monoisotopic (exact) mass is 302 g/mol. The number of benzene rings is 1. The zero-order valence-corrected chi connectivity index (χ0v) is 13.1. The Balaban J connectivity index is 1.56. The first-order chi connectivity index (χ1) is 10.8. The summed E-state index contributed by atoms with van der Waals surface area (Å²) in [5.41, 5.74) is 1.24. The number of nitrogens with one attached hydrogen (secondary N) is 2. The molecule has 0 saturated carbocycles. The average Bonchev–Trinajstić information content (AvgIpc) is 2.50. The lowest BCUT2D eigenvalue weighted by Crippen LogP contribution is -2.34. The Morgan fingerprint density at radius 2 is 2.00 bits per heavy atom. The van der Waals surface area contributed by atoms with Gasteiger partial charge in [-0.15, -0.1) is 0 Å². The van der Waals surface area contributed by atoms with Gasteiger partial charge in [-0.1, -0.05) is 42.8 Å². The minimum absolute atomic E-state index is 0.0717. The lowest BCUT2D eigenvalue weighted by Gasteiger charge is -2.16. The Labute approximate surface area is 132 Å². The van der Waals surface area contributed by atoms with Crippen LogP contribution >= 0.6 is 0 Å². The molecule has 4 heteroatoms. The van der Waals surface area contributed by atoms with Crippen molar-refractivity contribution in [1.82, 2.24) is 10.6 Å². The van der Waals surface area contributed by atoms with Crippen molar-refractivity contribution < 1.29 is 9.53 Å². The summed E-state index contributed by atoms with van der Waals surface area (Å²) >= 11 is 0. The van der Waals surface area contributed by atoms with Crippen LogP contribution in [0, 0.1) is 0 Å². The summed E-state index contributed by atoms with van der Waals surface area (Å²) < 4.78 is 5.43. The number of hydrogen-bond donors (Lipinski definition) is 2. The zero-order chi connectivity index (χ0) is 15.5. The summed E-state index contributed by atoms with van der Waals surface area (Å²) in [6.07, 6.45) is 9.35. The Hall–Kier alpha value is -1.81. The van der Waals surface area contributed by atoms with Gasteiger partial charge in [-0.3, -0.25) is 0 Å². The van der Waals surface area contributed by atoms with E-state index >= 15 is 0 Å². The van der Waals surface area contributed by atoms with Crippen molar-refractivity contribution in [2.24, 2.45) is 0 Å². The predicted molar refractivity (Wildman–Crippen MR) is 88.6 cm³/mol. The van der Waals surface area contributed by atoms with Gasteiger partial charge in [-0.05, 0) is 37.3 Å². The number of carbonyl (C=O) groups excluding carboxylic acids is 1. The standard InChI is InChI=1S/C18H26N2O2/c21-18(22-17-11-7-2-1-3-8-12-17)20-14-13-19-15-16-9-5-4-6-10-16/h4-7,9-11,17,19H,1-3,8,12-15H2,(H,20,21)/b11-7-. The third-order valence-electron chi connectivity index (χ3n) is 3.71. The third-order valence-corrected chi connectivity index (χ3v) is 3.71. The van der Waals surface area contributed by atoms with Crippen LogP contribution in [0.1, 0.15) is 37.7 Å². The molecule has 1 aliphatic rings. The van der Waals surface area contributed by atoms with Gasteiger partial charge in [-0.25, -0.2) is 4.79 Å². The maximum Gasteiger partial charge on any atom is 0.407 e. The van der Waals surface area contributed by atoms with Crippen molar-refractivity contribution >= 4 is 6.09 Å². The first-order valence-electron chi connectivity index (χ1n) is 8.20. The number of ether oxygens (including phenoxy) is 1. The van der Waals surface area contributed by atoms with Crippen LogP contribution in [0.2, 0.25) is 0 Å². The second-order valence-corrected chi connectivity index (χ2v) is 5.60. The molecule has 1 aliphatic carbocycles. The van der Waals surface area contributed by atoms with Crippen LogP contribution in [0.5, 0.6) is 0 Å². The van der Waals surface area contributed by atoms with Crippen molar-refractivity contribution in [2.45, 2.75) is 44.8 Å². The summed E-state index contributed by atoms with van der Waals surface area (Å²) in [4.78, 5) is 11.7. The minimum atomic E-state index is -0.322. The van der Waals surface area contributed by atoms with Crippen molar-refractivity contribution in [3.05, 3.63) is 48.0 Å². The van der Waals surface area contributed by atoms with Crippen molar-refractivity contribution in [3.63, 3.8) is 0 Å². The SMILES string of the molecule is O=C(NCCNCc1ccccc1)OC1/C=C\CCCCC1. The molecule has 120 valence electrons. The predicted octanol–water partition coefficient (Wildman–Crippen LogP) is 3.39. The second kappa shape index (κ2) is 10.0. The topological polar surface area (TPSA) is 50.4 Å². The number of carbonyl (C=O) groups is 1. The summed E-state index contributed by atoms with van der Waals surface area (Å²) in [6, 6.07) is 10.2. The highest BCUT2D eigenvalue weighted by molar-refractivity contribution is 5.67. The zero-order valence-electron chi connectivity index (χ0n) is 13.1. The quantitative estimate of drug-likeness (QED) is 0.625. The van der Waals surface area contributed by atoms with Gasteiger partial charge in [0.25, 0.3) is 0 Å². The molecule has 2 rings (SSSR count). The lowest BCUT2D eigenvalue weighted by atomic mass is 10.0. The van der Waals surface area contributed by atoms with E-state index in [1.807, 2.05) is 24.3 Å². The lowest BCUT2D eigenvalue weighted by molar-refractivity contribution is 0.113. The minimum Gasteiger partial charge on any atom is -0.442 e. The number of allylic oxidation sites excluding steroid dienone is 1. The fraction of sp³-hybridized carbons (Fsp3) is 0.500. The Kier molecular flexibility index (Phi) is 7.53. The highest BCUT2D eigenvalue weighted by atomic mass is 16.6. The van der Waals surface area contributed by atoms with Crippen LogP contribution in [0.4, 0.5) is 4.79 Å². The van der Waals surface area contributed by atoms with Crippen LogP contribution in [0.3, 0.4) is 0 Å². The molecule has 1 aromatic carbocycles. The molecule has 0 aromatic heterocycles. The molecule has 0 aliphatic heterocycles. The highest BCUT2D eigenvalue weighted by Crippen LogP contribution is 2.14. The van der Waals surface area contributed by atoms with Gasteiger partial charge in [0, 0.05) is 19.6 Å². The molecule has 4 nitrogen and oxygen atoms in total. The Morgan fingerprint density at radius 3 is 2.86 bits per heavy atom. The van der Waals surface area contributed by atoms with E-state index in [0.717, 1.165) is 32.4 Å². The number of hydrogen-bond acceptors (Lipinski definition) is 3. The van der Waals surface area contributed by atoms with Gasteiger partial charge in [-0.2, -0.15) is 0 Å². The van der Waals surface area contributed by atoms with E-state index in [9.17, 15) is 4.79 Å². The normalized spacial score (nSPS) is 19.7. The summed E-state index contributed by atoms with van der Waals surface area (Å²) in [5.74, 6) is 0. The summed E-state index contributed by atoms with van der Waals surface area (Å²) in [7, 11) is 0. The van der Waals surface area contributed by atoms with Crippen LogP contribution in [0.25, 0.3) is 0 Å². The molecule has 2 N–H and O–H groups in total. The fourth-order valence-electron chi connectivity index (χ4n) is 2.49. The third kappa shape index (κ3) is 6.76. The Morgan fingerprint density at radius 1 is 1.14 bits per heavy atom. The van der Waals surface area contributed by atoms with E-state index < -0.39 is 0 Å². The molecule has 1 atom stereocenters. The van der Waals surface area contributed by atoms with Crippen molar-refractivity contribution in [1.29, 1.82) is 0 Å². The van der Waals surface area contributed by atoms with Gasteiger partial charge < -0.3 is 15.4 Å². The first-order valence-corrected chi connectivity index (χ1v) is 8.20. The Bertz CT molecular complexity index is 459. The molecule has 1 aromatic rings. The molecular formula is C18H26N2O2. The van der Waals surface area contributed by atoms with Gasteiger partial charge in [0.05, 0.1) is 0 Å². The van der Waals surface area contributed by atoms with E-state index in [0.29, 0.717) is 6.54 Å². The maximum absolute atomic E-state index is 11.7. The molecule has 1 unspecified atom stereocenters. The van der Waals surface area contributed by atoms with E-state index in [1.165, 1.54) is 18.4 Å². The number of alkyl carbamates (subject to hydrolysis) is 1. The second-order valence-electron chi connectivity index (χ2n) is 5.60. The van der Waals surface area contributed by atoms with Crippen LogP contribution in [-0.2, 0) is 11.3 Å². The van der Waals surface area contributed by atoms with Crippen LogP contribution < -0.4 is 10.6 Å². The van der Waals surface area contributed by atoms with Gasteiger partial charge in [0.2, 0.25) is 0 Å². The van der Waals surface area contributed by atoms with Gasteiger partial charge in [0.1, 0.15) is 6.10 Å². The molecule has 0 spiro atoms. The van der Waals surface area contributed by atoms with E-state index in [4.69, 9.17) is 4.74 Å². The number of rotatable bonds is 6. The average molecular weight is 302 g/mol. The summed E-state index contributed by atoms with van der Waals surface area (Å²) in [6.45, 7) is 2.11. The van der Waals surface area contributed by atoms with Crippen molar-refractivity contribution in [3.8, 4) is 0 Å². The fourth-order valence-corrected chi connectivity index (χ4v) is 2.49. The van der Waals surface area contributed by atoms with E-state index in [1.54, 1.807) is 0 Å². The molecule has 0 bridgehead atoms. The largest absolute Gasteiger partial charge is 0.442 e. The van der Waals surface area contributed by atoms with E-state index in [2.05, 4.69) is 28.8 Å². The van der Waals surface area contributed by atoms with E-state index in [-0.39, 0.29) is 12.2 Å². The molecule has 0 radical (unpaired) electrons. The molecule has 0 heterocycles. The maximum atomic E-state index is 11.7.